The molecule has 1 heterocycles. The number of halogens is 1. The second-order valence-corrected chi connectivity index (χ2v) is 17.0. The molecule has 0 amide bonds. The third-order valence-corrected chi connectivity index (χ3v) is 15.1. The summed E-state index contributed by atoms with van der Waals surface area (Å²) in [6, 6.07) is 45.9. The van der Waals surface area contributed by atoms with Crippen molar-refractivity contribution < 1.29 is 0 Å². The molecule has 0 radical (unpaired) electrons. The molecule has 0 atom stereocenters. The van der Waals surface area contributed by atoms with Gasteiger partial charge in [0.25, 0.3) is 0 Å². The molecule has 0 aromatic heterocycles. The van der Waals surface area contributed by atoms with E-state index >= 15 is 0 Å². The molecule has 4 aromatic carbocycles. The Labute approximate surface area is 249 Å². The molecule has 0 bridgehead atoms. The molecule has 0 spiro atoms. The van der Waals surface area contributed by atoms with Crippen LogP contribution in [0, 0.1) is 5.92 Å². The van der Waals surface area contributed by atoms with Crippen molar-refractivity contribution in [2.45, 2.75) is 51.1 Å². The molecule has 4 aromatic rings. The average molecular weight is 647 g/mol. The largest absolute Gasteiger partial charge is 0.109 e. The zero-order chi connectivity index (χ0) is 25.3. The summed E-state index contributed by atoms with van der Waals surface area (Å²) in [5.74, 6) is 0.805. The van der Waals surface area contributed by atoms with Gasteiger partial charge in [0.1, 0.15) is 8.07 Å². The number of rotatable bonds is 9. The van der Waals surface area contributed by atoms with Crippen molar-refractivity contribution in [1.82, 2.24) is 0 Å². The molecular formula is C35H40IPSi. The fraction of sp³-hybridized carbons (Fsp3) is 0.257. The van der Waals surface area contributed by atoms with Crippen LogP contribution >= 0.6 is 31.9 Å². The second-order valence-electron chi connectivity index (χ2n) is 10.5. The minimum Gasteiger partial charge on any atom is -0.107 e. The molecule has 1 fully saturated rings. The quantitative estimate of drug-likeness (QED) is 0.0976. The van der Waals surface area contributed by atoms with E-state index in [0.717, 1.165) is 5.92 Å². The lowest BCUT2D eigenvalue weighted by Crippen LogP contribution is -2.48. The fourth-order valence-electron chi connectivity index (χ4n) is 5.91. The van der Waals surface area contributed by atoms with E-state index in [0.29, 0.717) is 0 Å². The Kier molecular flexibility index (Phi) is 11.0. The van der Waals surface area contributed by atoms with E-state index in [-0.39, 0.29) is 24.0 Å². The number of unbranched alkanes of at least 4 members (excludes halogenated alkanes) is 1. The zero-order valence-corrected chi connectivity index (χ0v) is 26.7. The molecule has 1 saturated heterocycles. The fourth-order valence-corrected chi connectivity index (χ4v) is 12.9. The van der Waals surface area contributed by atoms with Gasteiger partial charge in [-0.1, -0.05) is 158 Å². The molecule has 196 valence electrons. The molecule has 1 aliphatic heterocycles. The van der Waals surface area contributed by atoms with Crippen LogP contribution in [0.3, 0.4) is 0 Å². The predicted octanol–water partition coefficient (Wildman–Crippen LogP) is 8.27. The first-order valence-corrected chi connectivity index (χ1v) is 17.8. The third-order valence-electron chi connectivity index (χ3n) is 7.99. The van der Waals surface area contributed by atoms with Gasteiger partial charge >= 0.3 is 0 Å². The molecule has 0 aliphatic carbocycles. The summed E-state index contributed by atoms with van der Waals surface area (Å²) in [7, 11) is -2.06. The summed E-state index contributed by atoms with van der Waals surface area (Å²) in [5.41, 5.74) is 4.19. The molecule has 1 aliphatic rings. The van der Waals surface area contributed by atoms with Crippen molar-refractivity contribution in [3.63, 3.8) is 0 Å². The summed E-state index contributed by atoms with van der Waals surface area (Å²) in [6.45, 7) is 2.28. The summed E-state index contributed by atoms with van der Waals surface area (Å²) in [4.78, 5) is 0. The van der Waals surface area contributed by atoms with Crippen molar-refractivity contribution in [3.8, 4) is 0 Å². The van der Waals surface area contributed by atoms with Crippen LogP contribution in [-0.4, -0.2) is 8.07 Å². The average Bonchev–Trinajstić information content (AvgIpc) is 2.97. The third kappa shape index (κ3) is 7.14. The second kappa shape index (κ2) is 14.4. The van der Waals surface area contributed by atoms with Crippen molar-refractivity contribution >= 4 is 61.1 Å². The van der Waals surface area contributed by atoms with Crippen molar-refractivity contribution in [3.05, 3.63) is 133 Å². The number of hydrogen-bond acceptors (Lipinski definition) is 0. The molecule has 0 N–H and O–H groups in total. The smallest absolute Gasteiger partial charge is 0.107 e. The number of allylic oxidation sites excluding steroid dienone is 1. The van der Waals surface area contributed by atoms with Gasteiger partial charge < -0.3 is 0 Å². The Balaban J connectivity index is 0.00000336. The Hall–Kier alpha value is -2.00. The van der Waals surface area contributed by atoms with Crippen LogP contribution in [0.5, 0.6) is 0 Å². The first-order valence-electron chi connectivity index (χ1n) is 14.0. The predicted molar refractivity (Wildman–Crippen MR) is 182 cm³/mol. The van der Waals surface area contributed by atoms with Crippen molar-refractivity contribution in [2.75, 3.05) is 0 Å². The van der Waals surface area contributed by atoms with Crippen molar-refractivity contribution in [2.24, 2.45) is 5.92 Å². The molecule has 38 heavy (non-hydrogen) atoms. The Morgan fingerprint density at radius 2 is 1.18 bits per heavy atom. The van der Waals surface area contributed by atoms with Gasteiger partial charge in [-0.2, -0.15) is 0 Å². The highest BCUT2D eigenvalue weighted by Gasteiger charge is 2.36. The van der Waals surface area contributed by atoms with Crippen LogP contribution in [0.2, 0.25) is 12.1 Å². The van der Waals surface area contributed by atoms with Gasteiger partial charge in [-0.3, -0.25) is 0 Å². The van der Waals surface area contributed by atoms with Gasteiger partial charge in [0.2, 0.25) is 0 Å². The lowest BCUT2D eigenvalue weighted by atomic mass is 9.94. The van der Waals surface area contributed by atoms with E-state index in [9.17, 15) is 0 Å². The highest BCUT2D eigenvalue weighted by Crippen LogP contribution is 2.36. The van der Waals surface area contributed by atoms with E-state index in [1.165, 1.54) is 65.7 Å². The summed E-state index contributed by atoms with van der Waals surface area (Å²) in [5, 5.41) is 5.92. The van der Waals surface area contributed by atoms with Crippen LogP contribution in [0.25, 0.3) is 0 Å². The van der Waals surface area contributed by atoms with E-state index < -0.39 is 16.0 Å². The zero-order valence-electron chi connectivity index (χ0n) is 22.5. The molecule has 3 heteroatoms. The highest BCUT2D eigenvalue weighted by atomic mass is 127. The first kappa shape index (κ1) is 29.0. The van der Waals surface area contributed by atoms with E-state index in [1.807, 2.05) is 0 Å². The van der Waals surface area contributed by atoms with Crippen molar-refractivity contribution in [1.29, 1.82) is 0 Å². The molecule has 5 rings (SSSR count). The molecule has 0 saturated carbocycles. The lowest BCUT2D eigenvalue weighted by Gasteiger charge is -2.37. The first-order chi connectivity index (χ1) is 18.3. The van der Waals surface area contributed by atoms with Crippen LogP contribution in [-0.2, 0) is 6.42 Å². The minimum atomic E-state index is -1.53. The maximum Gasteiger partial charge on any atom is 0.109 e. The SMILES string of the molecule is CCCC=C[Si]1(c2ccccc2)CCC(Cc2ccc(P(c3ccccc3)c3ccccc3)cc2)CC1.I. The Morgan fingerprint density at radius 1 is 0.684 bits per heavy atom. The standard InChI is InChI=1S/C35H39PSi.HI/c1-2-3-13-26-37(35-18-11-6-12-19-35)27-24-31(25-28-37)29-30-20-22-34(23-21-30)36(32-14-7-4-8-15-32)33-16-9-5-10-17-33;/h4-23,26,31H,2-3,24-25,27-29H2,1H3;1H. The number of hydrogen-bond donors (Lipinski definition) is 0. The summed E-state index contributed by atoms with van der Waals surface area (Å²) in [6.07, 6.45) is 8.89. The highest BCUT2D eigenvalue weighted by molar-refractivity contribution is 14.0. The molecule has 0 unspecified atom stereocenters. The molecule has 0 nitrogen and oxygen atoms in total. The van der Waals surface area contributed by atoms with Gasteiger partial charge in [-0.15, -0.1) is 24.0 Å². The molecular weight excluding hydrogens is 606 g/mol. The van der Waals surface area contributed by atoms with E-state index in [1.54, 1.807) is 5.19 Å². The Morgan fingerprint density at radius 3 is 1.71 bits per heavy atom. The van der Waals surface area contributed by atoms with Gasteiger partial charge in [-0.25, -0.2) is 0 Å². The topological polar surface area (TPSA) is 0 Å². The van der Waals surface area contributed by atoms with E-state index in [4.69, 9.17) is 0 Å². The van der Waals surface area contributed by atoms with Gasteiger partial charge in [0.05, 0.1) is 0 Å². The van der Waals surface area contributed by atoms with Gasteiger partial charge in [0, 0.05) is 0 Å². The van der Waals surface area contributed by atoms with Gasteiger partial charge in [-0.05, 0) is 60.2 Å². The maximum atomic E-state index is 2.69. The van der Waals surface area contributed by atoms with Gasteiger partial charge in [0.15, 0.2) is 0 Å². The van der Waals surface area contributed by atoms with Crippen LogP contribution < -0.4 is 21.1 Å². The lowest BCUT2D eigenvalue weighted by molar-refractivity contribution is 0.467. The minimum absolute atomic E-state index is 0. The number of benzene rings is 4. The monoisotopic (exact) mass is 646 g/mol. The maximum absolute atomic E-state index is 2.69. The van der Waals surface area contributed by atoms with Crippen LogP contribution in [0.4, 0.5) is 0 Å². The normalized spacial score (nSPS) is 19.4. The van der Waals surface area contributed by atoms with E-state index in [2.05, 4.69) is 134 Å². The van der Waals surface area contributed by atoms with Crippen LogP contribution in [0.15, 0.2) is 127 Å². The Bertz CT molecular complexity index is 1210. The summed E-state index contributed by atoms with van der Waals surface area (Å²) < 4.78 is 0. The summed E-state index contributed by atoms with van der Waals surface area (Å²) >= 11 is 0. The van der Waals surface area contributed by atoms with Crippen LogP contribution in [0.1, 0.15) is 38.2 Å².